The average Bonchev–Trinajstić information content (AvgIpc) is 2.41. The fourth-order valence-electron chi connectivity index (χ4n) is 1.53. The minimum Gasteiger partial charge on any atom is -0.476 e. The summed E-state index contributed by atoms with van der Waals surface area (Å²) in [6.45, 7) is 2.46. The van der Waals surface area contributed by atoms with Gasteiger partial charge in [0.15, 0.2) is 0 Å². The lowest BCUT2D eigenvalue weighted by atomic mass is 10.2. The van der Waals surface area contributed by atoms with E-state index in [0.29, 0.717) is 18.2 Å². The van der Waals surface area contributed by atoms with Gasteiger partial charge in [0.25, 0.3) is 0 Å². The van der Waals surface area contributed by atoms with Gasteiger partial charge in [0.05, 0.1) is 12.3 Å². The lowest BCUT2D eigenvalue weighted by Gasteiger charge is -2.08. The third-order valence-corrected chi connectivity index (χ3v) is 3.83. The number of hydrogen-bond donors (Lipinski definition) is 1. The summed E-state index contributed by atoms with van der Waals surface area (Å²) in [5, 5.41) is 1.65. The molecule has 100 valence electrons. The molecule has 0 amide bonds. The molecule has 0 atom stereocenters. The molecule has 1 aromatic heterocycles. The predicted molar refractivity (Wildman–Crippen MR) is 80.8 cm³/mol. The smallest absolute Gasteiger partial charge is 0.238 e. The molecular formula is C14H15ClN2OS. The van der Waals surface area contributed by atoms with Crippen LogP contribution in [0.2, 0.25) is 5.02 Å². The summed E-state index contributed by atoms with van der Waals surface area (Å²) < 4.78 is 5.38. The zero-order valence-corrected chi connectivity index (χ0v) is 12.2. The number of thioether (sulfide) groups is 1. The summed E-state index contributed by atoms with van der Waals surface area (Å²) in [5.41, 5.74) is 7.44. The third-order valence-electron chi connectivity index (χ3n) is 2.48. The minimum absolute atomic E-state index is 0.492. The Kier molecular flexibility index (Phi) is 4.93. The van der Waals surface area contributed by atoms with E-state index in [0.717, 1.165) is 21.4 Å². The highest BCUT2D eigenvalue weighted by atomic mass is 35.5. The van der Waals surface area contributed by atoms with Crippen LogP contribution in [-0.4, -0.2) is 11.6 Å². The molecule has 0 bridgehead atoms. The normalized spacial score (nSPS) is 10.4. The highest BCUT2D eigenvalue weighted by Gasteiger charge is 2.06. The van der Waals surface area contributed by atoms with Gasteiger partial charge in [-0.15, -0.1) is 11.8 Å². The van der Waals surface area contributed by atoms with Gasteiger partial charge in [0.1, 0.15) is 5.03 Å². The molecule has 0 unspecified atom stereocenters. The van der Waals surface area contributed by atoms with Crippen molar-refractivity contribution in [1.82, 2.24) is 4.98 Å². The van der Waals surface area contributed by atoms with Crippen molar-refractivity contribution in [2.45, 2.75) is 17.7 Å². The molecule has 0 spiro atoms. The molecule has 0 aliphatic heterocycles. The first-order valence-electron chi connectivity index (χ1n) is 5.96. The van der Waals surface area contributed by atoms with E-state index in [9.17, 15) is 0 Å². The number of anilines is 1. The Morgan fingerprint density at radius 3 is 2.79 bits per heavy atom. The van der Waals surface area contributed by atoms with Gasteiger partial charge in [-0.3, -0.25) is 0 Å². The van der Waals surface area contributed by atoms with Crippen LogP contribution in [0.5, 0.6) is 5.88 Å². The van der Waals surface area contributed by atoms with Gasteiger partial charge in [-0.05, 0) is 30.7 Å². The van der Waals surface area contributed by atoms with Gasteiger partial charge < -0.3 is 10.5 Å². The molecule has 3 nitrogen and oxygen atoms in total. The number of nitrogens with two attached hydrogens (primary N) is 1. The largest absolute Gasteiger partial charge is 0.476 e. The number of benzene rings is 1. The van der Waals surface area contributed by atoms with Gasteiger partial charge in [0, 0.05) is 10.8 Å². The number of halogens is 1. The van der Waals surface area contributed by atoms with Gasteiger partial charge in [-0.25, -0.2) is 4.98 Å². The summed E-state index contributed by atoms with van der Waals surface area (Å²) in [7, 11) is 0. The van der Waals surface area contributed by atoms with Crippen molar-refractivity contribution in [3.8, 4) is 5.88 Å². The molecule has 2 rings (SSSR count). The van der Waals surface area contributed by atoms with Gasteiger partial charge in [-0.2, -0.15) is 0 Å². The standard InChI is InChI=1S/C14H15ClN2OS/c1-2-18-14-12(16)7-8-13(17-14)19-9-10-5-3-4-6-11(10)15/h3-8H,2,9,16H2,1H3. The molecule has 1 aromatic carbocycles. The second-order valence-electron chi connectivity index (χ2n) is 3.86. The molecule has 0 saturated carbocycles. The van der Waals surface area contributed by atoms with E-state index >= 15 is 0 Å². The number of rotatable bonds is 5. The molecule has 0 saturated heterocycles. The Labute approximate surface area is 122 Å². The van der Waals surface area contributed by atoms with Crippen LogP contribution in [0.4, 0.5) is 5.69 Å². The van der Waals surface area contributed by atoms with Crippen molar-refractivity contribution in [1.29, 1.82) is 0 Å². The molecule has 0 radical (unpaired) electrons. The molecule has 0 fully saturated rings. The summed E-state index contributed by atoms with van der Waals surface area (Å²) in [4.78, 5) is 4.38. The molecule has 0 aliphatic rings. The van der Waals surface area contributed by atoms with E-state index in [1.165, 1.54) is 0 Å². The summed E-state index contributed by atoms with van der Waals surface area (Å²) in [6.07, 6.45) is 0. The van der Waals surface area contributed by atoms with E-state index in [4.69, 9.17) is 22.1 Å². The fourth-order valence-corrected chi connectivity index (χ4v) is 2.68. The topological polar surface area (TPSA) is 48.1 Å². The predicted octanol–water partition coefficient (Wildman–Crippen LogP) is 4.01. The van der Waals surface area contributed by atoms with E-state index in [1.807, 2.05) is 43.3 Å². The van der Waals surface area contributed by atoms with Crippen molar-refractivity contribution >= 4 is 29.1 Å². The molecule has 0 aliphatic carbocycles. The van der Waals surface area contributed by atoms with E-state index in [2.05, 4.69) is 4.98 Å². The number of pyridine rings is 1. The van der Waals surface area contributed by atoms with Crippen LogP contribution in [-0.2, 0) is 5.75 Å². The first kappa shape index (κ1) is 14.0. The van der Waals surface area contributed by atoms with Crippen molar-refractivity contribution in [2.75, 3.05) is 12.3 Å². The second-order valence-corrected chi connectivity index (χ2v) is 5.26. The highest BCUT2D eigenvalue weighted by Crippen LogP contribution is 2.28. The molecular weight excluding hydrogens is 280 g/mol. The second kappa shape index (κ2) is 6.68. The van der Waals surface area contributed by atoms with E-state index in [1.54, 1.807) is 11.8 Å². The summed E-state index contributed by atoms with van der Waals surface area (Å²) in [6, 6.07) is 11.5. The zero-order valence-electron chi connectivity index (χ0n) is 10.6. The Morgan fingerprint density at radius 2 is 2.05 bits per heavy atom. The third kappa shape index (κ3) is 3.78. The van der Waals surface area contributed by atoms with Crippen LogP contribution in [0.1, 0.15) is 12.5 Å². The van der Waals surface area contributed by atoms with Crippen LogP contribution in [0.25, 0.3) is 0 Å². The van der Waals surface area contributed by atoms with Crippen LogP contribution in [0.3, 0.4) is 0 Å². The zero-order chi connectivity index (χ0) is 13.7. The lowest BCUT2D eigenvalue weighted by Crippen LogP contribution is -2.00. The average molecular weight is 295 g/mol. The molecule has 2 aromatic rings. The van der Waals surface area contributed by atoms with E-state index in [-0.39, 0.29) is 0 Å². The van der Waals surface area contributed by atoms with Gasteiger partial charge in [-0.1, -0.05) is 29.8 Å². The maximum absolute atomic E-state index is 6.12. The van der Waals surface area contributed by atoms with Crippen molar-refractivity contribution in [3.05, 3.63) is 47.0 Å². The van der Waals surface area contributed by atoms with Crippen molar-refractivity contribution < 1.29 is 4.74 Å². The minimum atomic E-state index is 0.492. The molecule has 1 heterocycles. The Morgan fingerprint density at radius 1 is 1.26 bits per heavy atom. The number of nitrogens with zero attached hydrogens (tertiary/aromatic N) is 1. The number of ether oxygens (including phenoxy) is 1. The van der Waals surface area contributed by atoms with Crippen LogP contribution in [0.15, 0.2) is 41.4 Å². The number of aromatic nitrogens is 1. The molecule has 5 heteroatoms. The van der Waals surface area contributed by atoms with Crippen LogP contribution < -0.4 is 10.5 Å². The first-order chi connectivity index (χ1) is 9.20. The van der Waals surface area contributed by atoms with Crippen LogP contribution >= 0.6 is 23.4 Å². The molecule has 19 heavy (non-hydrogen) atoms. The number of nitrogen functional groups attached to an aromatic ring is 1. The Hall–Kier alpha value is -1.39. The highest BCUT2D eigenvalue weighted by molar-refractivity contribution is 7.98. The summed E-state index contributed by atoms with van der Waals surface area (Å²) in [5.74, 6) is 1.26. The SMILES string of the molecule is CCOc1nc(SCc2ccccc2Cl)ccc1N. The monoisotopic (exact) mass is 294 g/mol. The number of hydrogen-bond acceptors (Lipinski definition) is 4. The van der Waals surface area contributed by atoms with Gasteiger partial charge in [0.2, 0.25) is 5.88 Å². The molecule has 2 N–H and O–H groups in total. The van der Waals surface area contributed by atoms with E-state index < -0.39 is 0 Å². The maximum atomic E-state index is 6.12. The van der Waals surface area contributed by atoms with Gasteiger partial charge >= 0.3 is 0 Å². The van der Waals surface area contributed by atoms with Crippen LogP contribution in [0, 0.1) is 0 Å². The van der Waals surface area contributed by atoms with Crippen molar-refractivity contribution in [3.63, 3.8) is 0 Å². The quantitative estimate of drug-likeness (QED) is 0.847. The van der Waals surface area contributed by atoms with Crippen molar-refractivity contribution in [2.24, 2.45) is 0 Å². The Bertz CT molecular complexity index is 563. The summed E-state index contributed by atoms with van der Waals surface area (Å²) >= 11 is 7.72. The lowest BCUT2D eigenvalue weighted by molar-refractivity contribution is 0.326. The Balaban J connectivity index is 2.07. The fraction of sp³-hybridized carbons (Fsp3) is 0.214. The first-order valence-corrected chi connectivity index (χ1v) is 7.32. The maximum Gasteiger partial charge on any atom is 0.238 e.